The lowest BCUT2D eigenvalue weighted by molar-refractivity contribution is -0.135. The van der Waals surface area contributed by atoms with E-state index in [-0.39, 0.29) is 11.9 Å². The summed E-state index contributed by atoms with van der Waals surface area (Å²) in [5, 5.41) is 8.64. The smallest absolute Gasteiger partial charge is 0.371 e. The van der Waals surface area contributed by atoms with E-state index in [1.165, 1.54) is 13.2 Å². The van der Waals surface area contributed by atoms with E-state index in [0.717, 1.165) is 5.56 Å². The number of hydrogen-bond acceptors (Lipinski definition) is 3. The van der Waals surface area contributed by atoms with Gasteiger partial charge in [-0.25, -0.2) is 4.79 Å². The zero-order chi connectivity index (χ0) is 9.68. The van der Waals surface area contributed by atoms with Crippen molar-refractivity contribution in [3.8, 4) is 0 Å². The molecule has 0 aromatic heterocycles. The first-order valence-corrected chi connectivity index (χ1v) is 3.78. The van der Waals surface area contributed by atoms with E-state index in [1.54, 1.807) is 0 Å². The summed E-state index contributed by atoms with van der Waals surface area (Å²) < 4.78 is 4.68. The molecule has 0 fully saturated rings. The normalized spacial score (nSPS) is 10.2. The molecule has 0 radical (unpaired) electrons. The number of benzene rings is 1. The maximum Gasteiger partial charge on any atom is 0.371 e. The molecule has 0 amide bonds. The molecule has 0 heterocycles. The van der Waals surface area contributed by atoms with Crippen LogP contribution in [0, 0.1) is 0 Å². The summed E-state index contributed by atoms with van der Waals surface area (Å²) in [6.07, 6.45) is 1.47. The summed E-state index contributed by atoms with van der Waals surface area (Å²) in [5.74, 6) is -1.13. The highest BCUT2D eigenvalue weighted by Crippen LogP contribution is 2.06. The van der Waals surface area contributed by atoms with Gasteiger partial charge in [0.25, 0.3) is 0 Å². The second kappa shape index (κ2) is 5.77. The van der Waals surface area contributed by atoms with Gasteiger partial charge in [-0.05, 0) is 11.6 Å². The quantitative estimate of drug-likeness (QED) is 0.570. The van der Waals surface area contributed by atoms with Gasteiger partial charge < -0.3 is 16.0 Å². The van der Waals surface area contributed by atoms with Crippen molar-refractivity contribution in [2.24, 2.45) is 0 Å². The molecule has 0 aliphatic rings. The largest absolute Gasteiger partial charge is 0.490 e. The van der Waals surface area contributed by atoms with Gasteiger partial charge in [0.15, 0.2) is 0 Å². The fourth-order valence-corrected chi connectivity index (χ4v) is 0.909. The minimum absolute atomic E-state index is 0. The van der Waals surface area contributed by atoms with E-state index in [1.807, 2.05) is 30.3 Å². The lowest BCUT2D eigenvalue weighted by Gasteiger charge is -1.99. The van der Waals surface area contributed by atoms with Gasteiger partial charge in [0.1, 0.15) is 0 Å². The highest BCUT2D eigenvalue weighted by atomic mass is 16.5. The fraction of sp³-hybridized carbons (Fsp3) is 0.100. The van der Waals surface area contributed by atoms with E-state index >= 15 is 0 Å². The summed E-state index contributed by atoms with van der Waals surface area (Å²) in [6.45, 7) is 0. The molecular formula is C10H13NO3. The molecule has 4 N–H and O–H groups in total. The zero-order valence-corrected chi connectivity index (χ0v) is 7.93. The van der Waals surface area contributed by atoms with Crippen LogP contribution in [0.5, 0.6) is 0 Å². The molecule has 0 bridgehead atoms. The Bertz CT molecular complexity index is 319. The first kappa shape index (κ1) is 12.2. The third-order valence-corrected chi connectivity index (χ3v) is 1.53. The third kappa shape index (κ3) is 3.28. The van der Waals surface area contributed by atoms with E-state index in [9.17, 15) is 4.79 Å². The highest BCUT2D eigenvalue weighted by Gasteiger charge is 2.05. The van der Waals surface area contributed by atoms with E-state index in [2.05, 4.69) is 4.74 Å². The van der Waals surface area contributed by atoms with E-state index in [0.29, 0.717) is 0 Å². The number of rotatable bonds is 3. The van der Waals surface area contributed by atoms with E-state index in [4.69, 9.17) is 5.11 Å². The maximum atomic E-state index is 10.5. The Hall–Kier alpha value is -1.81. The number of carbonyl (C=O) groups is 1. The highest BCUT2D eigenvalue weighted by molar-refractivity contribution is 5.89. The average Bonchev–Trinajstić information content (AvgIpc) is 2.15. The maximum absolute atomic E-state index is 10.5. The van der Waals surface area contributed by atoms with Crippen molar-refractivity contribution in [2.45, 2.75) is 0 Å². The SMILES string of the molecule is COC(=Cc1ccccc1)C(=O)O.N. The minimum Gasteiger partial charge on any atom is -0.490 e. The number of aliphatic carboxylic acids is 1. The van der Waals surface area contributed by atoms with Gasteiger partial charge >= 0.3 is 5.97 Å². The number of ether oxygens (including phenoxy) is 1. The predicted octanol–water partition coefficient (Wildman–Crippen LogP) is 1.92. The molecule has 0 spiro atoms. The molecule has 0 atom stereocenters. The zero-order valence-electron chi connectivity index (χ0n) is 7.93. The molecule has 0 unspecified atom stereocenters. The van der Waals surface area contributed by atoms with Crippen LogP contribution in [0.3, 0.4) is 0 Å². The standard InChI is InChI=1S/C10H10O3.H3N/c1-13-9(10(11)12)7-8-5-3-2-4-6-8;/h2-7H,1H3,(H,11,12);1H3. The Morgan fingerprint density at radius 2 is 1.93 bits per heavy atom. The van der Waals surface area contributed by atoms with Crippen LogP contribution in [-0.4, -0.2) is 18.2 Å². The van der Waals surface area contributed by atoms with Crippen molar-refractivity contribution in [1.29, 1.82) is 0 Å². The van der Waals surface area contributed by atoms with Gasteiger partial charge in [0.05, 0.1) is 7.11 Å². The van der Waals surface area contributed by atoms with Crippen molar-refractivity contribution in [3.63, 3.8) is 0 Å². The van der Waals surface area contributed by atoms with Crippen LogP contribution in [-0.2, 0) is 9.53 Å². The summed E-state index contributed by atoms with van der Waals surface area (Å²) >= 11 is 0. The van der Waals surface area contributed by atoms with Crippen molar-refractivity contribution in [1.82, 2.24) is 6.15 Å². The molecule has 4 heteroatoms. The summed E-state index contributed by atoms with van der Waals surface area (Å²) in [5.41, 5.74) is 0.807. The average molecular weight is 195 g/mol. The van der Waals surface area contributed by atoms with Gasteiger partial charge in [-0.1, -0.05) is 30.3 Å². The van der Waals surface area contributed by atoms with Crippen LogP contribution in [0.25, 0.3) is 6.08 Å². The molecule has 14 heavy (non-hydrogen) atoms. The lowest BCUT2D eigenvalue weighted by atomic mass is 10.2. The third-order valence-electron chi connectivity index (χ3n) is 1.53. The van der Waals surface area contributed by atoms with Gasteiger partial charge in [-0.2, -0.15) is 0 Å². The number of carboxylic acids is 1. The van der Waals surface area contributed by atoms with Crippen molar-refractivity contribution in [3.05, 3.63) is 41.7 Å². The second-order valence-electron chi connectivity index (χ2n) is 2.43. The predicted molar refractivity (Wildman–Crippen MR) is 54.1 cm³/mol. The van der Waals surface area contributed by atoms with Crippen molar-refractivity contribution in [2.75, 3.05) is 7.11 Å². The molecule has 1 aromatic carbocycles. The summed E-state index contributed by atoms with van der Waals surface area (Å²) in [6, 6.07) is 9.15. The molecule has 76 valence electrons. The molecule has 0 saturated carbocycles. The topological polar surface area (TPSA) is 81.5 Å². The van der Waals surface area contributed by atoms with Crippen LogP contribution in [0.2, 0.25) is 0 Å². The van der Waals surface area contributed by atoms with Crippen molar-refractivity contribution < 1.29 is 14.6 Å². The van der Waals surface area contributed by atoms with Crippen molar-refractivity contribution >= 4 is 12.0 Å². The van der Waals surface area contributed by atoms with Gasteiger partial charge in [0, 0.05) is 0 Å². The Morgan fingerprint density at radius 1 is 1.36 bits per heavy atom. The van der Waals surface area contributed by atoms with Crippen LogP contribution in [0.1, 0.15) is 5.56 Å². The Labute approximate surface area is 82.4 Å². The molecule has 0 aliphatic carbocycles. The molecule has 0 aliphatic heterocycles. The van der Waals surface area contributed by atoms with Gasteiger partial charge in [0.2, 0.25) is 5.76 Å². The summed E-state index contributed by atoms with van der Waals surface area (Å²) in [7, 11) is 1.34. The van der Waals surface area contributed by atoms with Crippen LogP contribution in [0.15, 0.2) is 36.1 Å². The number of hydrogen-bond donors (Lipinski definition) is 2. The molecular weight excluding hydrogens is 182 g/mol. The van der Waals surface area contributed by atoms with Crippen LogP contribution >= 0.6 is 0 Å². The monoisotopic (exact) mass is 195 g/mol. The van der Waals surface area contributed by atoms with Crippen LogP contribution in [0.4, 0.5) is 0 Å². The number of carboxylic acid groups (broad SMARTS) is 1. The lowest BCUT2D eigenvalue weighted by Crippen LogP contribution is -2.01. The molecule has 4 nitrogen and oxygen atoms in total. The van der Waals surface area contributed by atoms with Gasteiger partial charge in [-0.15, -0.1) is 0 Å². The van der Waals surface area contributed by atoms with Gasteiger partial charge in [-0.3, -0.25) is 0 Å². The second-order valence-corrected chi connectivity index (χ2v) is 2.43. The number of methoxy groups -OCH3 is 1. The Balaban J connectivity index is 0.00000169. The Morgan fingerprint density at radius 3 is 2.36 bits per heavy atom. The first-order chi connectivity index (χ1) is 6.24. The fourth-order valence-electron chi connectivity index (χ4n) is 0.909. The molecule has 1 aromatic rings. The molecule has 0 saturated heterocycles. The van der Waals surface area contributed by atoms with Crippen LogP contribution < -0.4 is 6.15 Å². The Kier molecular flexibility index (Phi) is 5.02. The first-order valence-electron chi connectivity index (χ1n) is 3.78. The summed E-state index contributed by atoms with van der Waals surface area (Å²) in [4.78, 5) is 10.5. The van der Waals surface area contributed by atoms with E-state index < -0.39 is 5.97 Å². The molecule has 1 rings (SSSR count). The minimum atomic E-state index is -1.06.